The van der Waals surface area contributed by atoms with E-state index in [4.69, 9.17) is 14.8 Å². The lowest BCUT2D eigenvalue weighted by atomic mass is 10.1. The topological polar surface area (TPSA) is 81.8 Å². The molecule has 0 saturated heterocycles. The van der Waals surface area contributed by atoms with Crippen molar-refractivity contribution in [2.75, 3.05) is 5.73 Å². The second-order valence-corrected chi connectivity index (χ2v) is 5.82. The highest BCUT2D eigenvalue weighted by atomic mass is 31.2. The molecule has 0 heterocycles. The van der Waals surface area contributed by atoms with Crippen LogP contribution in [0.2, 0.25) is 0 Å². The Morgan fingerprint density at radius 1 is 1.47 bits per heavy atom. The number of hydrogen-bond acceptors (Lipinski definition) is 4. The van der Waals surface area contributed by atoms with Crippen LogP contribution < -0.4 is 5.73 Å². The largest absolute Gasteiger partial charge is 0.473 e. The lowest BCUT2D eigenvalue weighted by molar-refractivity contribution is 0.0628. The first kappa shape index (κ1) is 15.9. The van der Waals surface area contributed by atoms with E-state index in [1.807, 2.05) is 6.92 Å². The number of anilines is 1. The van der Waals surface area contributed by atoms with Crippen molar-refractivity contribution in [3.8, 4) is 0 Å². The minimum Gasteiger partial charge on any atom is -0.399 e. The Bertz CT molecular complexity index is 474. The van der Waals surface area contributed by atoms with Crippen LogP contribution in [-0.2, 0) is 20.2 Å². The van der Waals surface area contributed by atoms with E-state index in [-0.39, 0.29) is 6.61 Å². The summed E-state index contributed by atoms with van der Waals surface area (Å²) in [5.74, 6) is 0. The maximum Gasteiger partial charge on any atom is 0.473 e. The molecule has 0 aromatic heterocycles. The van der Waals surface area contributed by atoms with Crippen molar-refractivity contribution in [2.45, 2.75) is 32.5 Å². The van der Waals surface area contributed by atoms with Crippen LogP contribution in [-0.4, -0.2) is 10.5 Å². The van der Waals surface area contributed by atoms with Gasteiger partial charge >= 0.3 is 7.82 Å². The number of hydrogen-bond donors (Lipinski definition) is 2. The standard InChI is InChI=1S/C13H20NO4P/c1-4-13(3,5-2)18-19(15,16)17-10-11-6-8-12(14)9-7-11/h4,6-9H,1,5,10,14H2,2-3H3,(H,15,16). The van der Waals surface area contributed by atoms with Crippen molar-refractivity contribution in [3.05, 3.63) is 42.5 Å². The maximum absolute atomic E-state index is 11.8. The van der Waals surface area contributed by atoms with Crippen LogP contribution in [0.5, 0.6) is 0 Å². The molecule has 0 aliphatic rings. The molecule has 0 radical (unpaired) electrons. The second kappa shape index (κ2) is 6.35. The number of nitrogen functional groups attached to an aromatic ring is 1. The van der Waals surface area contributed by atoms with Crippen molar-refractivity contribution in [2.24, 2.45) is 0 Å². The SMILES string of the molecule is C=CC(C)(CC)OP(=O)(O)OCc1ccc(N)cc1. The molecule has 1 aromatic carbocycles. The van der Waals surface area contributed by atoms with Crippen molar-refractivity contribution < 1.29 is 18.5 Å². The Kier molecular flexibility index (Phi) is 5.32. The van der Waals surface area contributed by atoms with Gasteiger partial charge in [0.2, 0.25) is 0 Å². The van der Waals surface area contributed by atoms with E-state index in [1.54, 1.807) is 31.2 Å². The Morgan fingerprint density at radius 2 is 2.05 bits per heavy atom. The van der Waals surface area contributed by atoms with Gasteiger partial charge in [-0.05, 0) is 31.0 Å². The van der Waals surface area contributed by atoms with Crippen LogP contribution in [0.4, 0.5) is 5.69 Å². The molecule has 2 atom stereocenters. The average Bonchev–Trinajstić information content (AvgIpc) is 2.37. The van der Waals surface area contributed by atoms with Gasteiger partial charge in [-0.1, -0.05) is 25.1 Å². The molecular weight excluding hydrogens is 265 g/mol. The molecule has 6 heteroatoms. The number of benzene rings is 1. The Balaban J connectivity index is 2.62. The van der Waals surface area contributed by atoms with E-state index in [2.05, 4.69) is 6.58 Å². The molecule has 19 heavy (non-hydrogen) atoms. The molecule has 3 N–H and O–H groups in total. The fourth-order valence-electron chi connectivity index (χ4n) is 1.31. The normalized spacial score (nSPS) is 17.4. The van der Waals surface area contributed by atoms with Crippen LogP contribution in [0.15, 0.2) is 36.9 Å². The Morgan fingerprint density at radius 3 is 2.53 bits per heavy atom. The Hall–Kier alpha value is -1.13. The lowest BCUT2D eigenvalue weighted by Gasteiger charge is -2.26. The van der Waals surface area contributed by atoms with Gasteiger partial charge in [-0.25, -0.2) is 4.57 Å². The van der Waals surface area contributed by atoms with Gasteiger partial charge in [0, 0.05) is 5.69 Å². The summed E-state index contributed by atoms with van der Waals surface area (Å²) in [5, 5.41) is 0. The smallest absolute Gasteiger partial charge is 0.399 e. The highest BCUT2D eigenvalue weighted by Gasteiger charge is 2.32. The average molecular weight is 285 g/mol. The second-order valence-electron chi connectivity index (χ2n) is 4.45. The zero-order valence-corrected chi connectivity index (χ0v) is 12.1. The summed E-state index contributed by atoms with van der Waals surface area (Å²) in [5.41, 5.74) is 6.03. The third-order valence-electron chi connectivity index (χ3n) is 2.83. The van der Waals surface area contributed by atoms with Gasteiger partial charge in [-0.3, -0.25) is 9.05 Å². The molecule has 0 fully saturated rings. The van der Waals surface area contributed by atoms with Gasteiger partial charge in [-0.15, -0.1) is 6.58 Å². The van der Waals surface area contributed by atoms with Crippen molar-refractivity contribution in [1.82, 2.24) is 0 Å². The molecule has 0 spiro atoms. The molecule has 0 aliphatic carbocycles. The fraction of sp³-hybridized carbons (Fsp3) is 0.385. The first-order valence-electron chi connectivity index (χ1n) is 5.96. The minimum absolute atomic E-state index is 0.0228. The predicted octanol–water partition coefficient (Wildman–Crippen LogP) is 3.26. The molecule has 0 amide bonds. The van der Waals surface area contributed by atoms with E-state index in [1.165, 1.54) is 6.08 Å². The third-order valence-corrected chi connectivity index (χ3v) is 3.93. The van der Waals surface area contributed by atoms with Crippen molar-refractivity contribution in [3.63, 3.8) is 0 Å². The van der Waals surface area contributed by atoms with Crippen molar-refractivity contribution in [1.29, 1.82) is 0 Å². The van der Waals surface area contributed by atoms with Crippen molar-refractivity contribution >= 4 is 13.5 Å². The van der Waals surface area contributed by atoms with E-state index in [9.17, 15) is 9.46 Å². The summed E-state index contributed by atoms with van der Waals surface area (Å²) in [6.45, 7) is 7.08. The summed E-state index contributed by atoms with van der Waals surface area (Å²) in [7, 11) is -4.13. The molecule has 0 aliphatic heterocycles. The molecule has 106 valence electrons. The van der Waals surface area contributed by atoms with E-state index in [0.717, 1.165) is 5.56 Å². The van der Waals surface area contributed by atoms with Crippen LogP contribution in [0, 0.1) is 0 Å². The molecule has 0 saturated carbocycles. The van der Waals surface area contributed by atoms with Gasteiger partial charge < -0.3 is 10.6 Å². The van der Waals surface area contributed by atoms with Crippen LogP contribution >= 0.6 is 7.82 Å². The number of nitrogens with two attached hydrogens (primary N) is 1. The summed E-state index contributed by atoms with van der Waals surface area (Å²) < 4.78 is 21.9. The quantitative estimate of drug-likeness (QED) is 0.456. The van der Waals surface area contributed by atoms with E-state index < -0.39 is 13.4 Å². The summed E-state index contributed by atoms with van der Waals surface area (Å²) >= 11 is 0. The Labute approximate surface area is 113 Å². The summed E-state index contributed by atoms with van der Waals surface area (Å²) in [6, 6.07) is 6.84. The summed E-state index contributed by atoms with van der Waals surface area (Å²) in [4.78, 5) is 9.67. The van der Waals surface area contributed by atoms with Gasteiger partial charge in [0.25, 0.3) is 0 Å². The molecule has 2 unspecified atom stereocenters. The predicted molar refractivity (Wildman–Crippen MR) is 75.4 cm³/mol. The van der Waals surface area contributed by atoms with Gasteiger partial charge in [0.15, 0.2) is 0 Å². The molecule has 0 bridgehead atoms. The molecule has 1 rings (SSSR count). The van der Waals surface area contributed by atoms with Crippen LogP contribution in [0.3, 0.4) is 0 Å². The first-order chi connectivity index (χ1) is 8.80. The highest BCUT2D eigenvalue weighted by molar-refractivity contribution is 7.47. The zero-order valence-electron chi connectivity index (χ0n) is 11.2. The highest BCUT2D eigenvalue weighted by Crippen LogP contribution is 2.49. The maximum atomic E-state index is 11.8. The van der Waals surface area contributed by atoms with Gasteiger partial charge in [-0.2, -0.15) is 0 Å². The number of phosphoric ester groups is 1. The molecule has 5 nitrogen and oxygen atoms in total. The number of phosphoric acid groups is 1. The minimum atomic E-state index is -4.13. The van der Waals surface area contributed by atoms with Crippen LogP contribution in [0.25, 0.3) is 0 Å². The first-order valence-corrected chi connectivity index (χ1v) is 7.46. The monoisotopic (exact) mass is 285 g/mol. The van der Waals surface area contributed by atoms with E-state index >= 15 is 0 Å². The summed E-state index contributed by atoms with van der Waals surface area (Å²) in [6.07, 6.45) is 2.01. The third kappa shape index (κ3) is 5.17. The van der Waals surface area contributed by atoms with Gasteiger partial charge in [0.1, 0.15) is 0 Å². The zero-order chi connectivity index (χ0) is 14.5. The van der Waals surface area contributed by atoms with Crippen LogP contribution in [0.1, 0.15) is 25.8 Å². The number of rotatable bonds is 7. The fourth-order valence-corrected chi connectivity index (χ4v) is 2.40. The lowest BCUT2D eigenvalue weighted by Crippen LogP contribution is -2.23. The molecular formula is C13H20NO4P. The van der Waals surface area contributed by atoms with E-state index in [0.29, 0.717) is 12.1 Å². The van der Waals surface area contributed by atoms with Gasteiger partial charge in [0.05, 0.1) is 12.2 Å². The molecule has 1 aromatic rings.